The molecule has 4 heteroatoms. The van der Waals surface area contributed by atoms with Crippen LogP contribution in [-0.4, -0.2) is 19.9 Å². The summed E-state index contributed by atoms with van der Waals surface area (Å²) < 4.78 is 22.8. The first-order valence-electron chi connectivity index (χ1n) is 5.27. The van der Waals surface area contributed by atoms with Crippen LogP contribution in [0.15, 0.2) is 30.3 Å². The Balaban J connectivity index is 2.23. The van der Waals surface area contributed by atoms with E-state index in [2.05, 4.69) is 6.07 Å². The van der Waals surface area contributed by atoms with Gasteiger partial charge in [0.25, 0.3) is 0 Å². The summed E-state index contributed by atoms with van der Waals surface area (Å²) in [6, 6.07) is 11.7. The van der Waals surface area contributed by atoms with Crippen molar-refractivity contribution in [2.75, 3.05) is 11.5 Å². The molecule has 1 aromatic rings. The number of rotatable bonds is 2. The van der Waals surface area contributed by atoms with Crippen LogP contribution in [0.5, 0.6) is 0 Å². The maximum absolute atomic E-state index is 11.4. The van der Waals surface area contributed by atoms with Crippen LogP contribution in [0.25, 0.3) is 0 Å². The van der Waals surface area contributed by atoms with Crippen molar-refractivity contribution in [2.45, 2.75) is 12.3 Å². The molecule has 1 aromatic carbocycles. The molecule has 0 radical (unpaired) electrons. The lowest BCUT2D eigenvalue weighted by molar-refractivity contribution is 0.541. The van der Waals surface area contributed by atoms with Gasteiger partial charge in [-0.2, -0.15) is 5.26 Å². The number of hydrogen-bond acceptors (Lipinski definition) is 3. The van der Waals surface area contributed by atoms with Crippen molar-refractivity contribution in [1.82, 2.24) is 0 Å². The Kier molecular flexibility index (Phi) is 2.97. The van der Waals surface area contributed by atoms with Gasteiger partial charge in [0.2, 0.25) is 0 Å². The molecule has 2 atom stereocenters. The van der Waals surface area contributed by atoms with Crippen LogP contribution in [-0.2, 0) is 9.84 Å². The molecule has 2 rings (SSSR count). The van der Waals surface area contributed by atoms with Gasteiger partial charge < -0.3 is 0 Å². The summed E-state index contributed by atoms with van der Waals surface area (Å²) >= 11 is 0. The molecule has 2 unspecified atom stereocenters. The average molecular weight is 235 g/mol. The van der Waals surface area contributed by atoms with Crippen molar-refractivity contribution < 1.29 is 8.42 Å². The van der Waals surface area contributed by atoms with Crippen molar-refractivity contribution in [2.24, 2.45) is 5.92 Å². The molecular formula is C12H13NO2S. The highest BCUT2D eigenvalue weighted by Gasteiger charge is 2.34. The van der Waals surface area contributed by atoms with Crippen molar-refractivity contribution in [3.63, 3.8) is 0 Å². The summed E-state index contributed by atoms with van der Waals surface area (Å²) in [6.45, 7) is 0. The smallest absolute Gasteiger partial charge is 0.150 e. The second-order valence-electron chi connectivity index (χ2n) is 4.18. The summed E-state index contributed by atoms with van der Waals surface area (Å²) in [4.78, 5) is 0. The lowest BCUT2D eigenvalue weighted by Gasteiger charge is -2.15. The zero-order chi connectivity index (χ0) is 11.6. The minimum atomic E-state index is -2.91. The Morgan fingerprint density at radius 2 is 2.00 bits per heavy atom. The van der Waals surface area contributed by atoms with Gasteiger partial charge in [0, 0.05) is 0 Å². The predicted molar refractivity (Wildman–Crippen MR) is 61.6 cm³/mol. The number of nitriles is 1. The Morgan fingerprint density at radius 3 is 2.50 bits per heavy atom. The van der Waals surface area contributed by atoms with Crippen molar-refractivity contribution in [3.05, 3.63) is 35.9 Å². The molecule has 84 valence electrons. The molecular weight excluding hydrogens is 222 g/mol. The van der Waals surface area contributed by atoms with Crippen LogP contribution >= 0.6 is 0 Å². The largest absolute Gasteiger partial charge is 0.229 e. The predicted octanol–water partition coefficient (Wildman–Crippen LogP) is 1.73. The molecule has 1 saturated heterocycles. The minimum Gasteiger partial charge on any atom is -0.229 e. The van der Waals surface area contributed by atoms with E-state index in [0.717, 1.165) is 5.56 Å². The number of sulfone groups is 1. The van der Waals surface area contributed by atoms with E-state index in [1.807, 2.05) is 30.3 Å². The first-order valence-corrected chi connectivity index (χ1v) is 7.09. The SMILES string of the molecule is N#CC(c1ccccc1)C1CCS(=O)(=O)C1. The third kappa shape index (κ3) is 2.25. The van der Waals surface area contributed by atoms with Crippen molar-refractivity contribution in [3.8, 4) is 6.07 Å². The molecule has 0 aromatic heterocycles. The van der Waals surface area contributed by atoms with E-state index in [-0.39, 0.29) is 23.3 Å². The fourth-order valence-corrected chi connectivity index (χ4v) is 4.04. The van der Waals surface area contributed by atoms with Crippen LogP contribution in [0.3, 0.4) is 0 Å². The normalized spacial score (nSPS) is 24.8. The second kappa shape index (κ2) is 4.26. The number of benzene rings is 1. The molecule has 0 saturated carbocycles. The van der Waals surface area contributed by atoms with E-state index < -0.39 is 9.84 Å². The van der Waals surface area contributed by atoms with Gasteiger partial charge in [0.15, 0.2) is 9.84 Å². The quantitative estimate of drug-likeness (QED) is 0.784. The monoisotopic (exact) mass is 235 g/mol. The maximum Gasteiger partial charge on any atom is 0.150 e. The highest BCUT2D eigenvalue weighted by Crippen LogP contribution is 2.32. The van der Waals surface area contributed by atoms with E-state index in [4.69, 9.17) is 5.26 Å². The summed E-state index contributed by atoms with van der Waals surface area (Å²) in [7, 11) is -2.91. The molecule has 0 spiro atoms. The van der Waals surface area contributed by atoms with Crippen LogP contribution in [0.4, 0.5) is 0 Å². The van der Waals surface area contributed by atoms with Gasteiger partial charge in [-0.25, -0.2) is 8.42 Å². The Hall–Kier alpha value is -1.34. The first-order chi connectivity index (χ1) is 7.62. The molecule has 0 aliphatic carbocycles. The molecule has 16 heavy (non-hydrogen) atoms. The van der Waals surface area contributed by atoms with Crippen LogP contribution in [0.1, 0.15) is 17.9 Å². The topological polar surface area (TPSA) is 57.9 Å². The van der Waals surface area contributed by atoms with Gasteiger partial charge in [-0.1, -0.05) is 30.3 Å². The molecule has 3 nitrogen and oxygen atoms in total. The third-order valence-electron chi connectivity index (χ3n) is 3.04. The lowest BCUT2D eigenvalue weighted by Crippen LogP contribution is -2.13. The molecule has 0 N–H and O–H groups in total. The van der Waals surface area contributed by atoms with E-state index in [0.29, 0.717) is 6.42 Å². The van der Waals surface area contributed by atoms with Gasteiger partial charge >= 0.3 is 0 Å². The molecule has 1 aliphatic heterocycles. The van der Waals surface area contributed by atoms with E-state index in [1.54, 1.807) is 0 Å². The zero-order valence-electron chi connectivity index (χ0n) is 8.83. The Bertz CT molecular complexity index is 502. The van der Waals surface area contributed by atoms with E-state index in [1.165, 1.54) is 0 Å². The summed E-state index contributed by atoms with van der Waals surface area (Å²) in [6.07, 6.45) is 0.607. The number of hydrogen-bond donors (Lipinski definition) is 0. The number of nitrogens with zero attached hydrogens (tertiary/aromatic N) is 1. The van der Waals surface area contributed by atoms with Crippen molar-refractivity contribution in [1.29, 1.82) is 5.26 Å². The molecule has 1 heterocycles. The molecule has 0 amide bonds. The minimum absolute atomic E-state index is 0.0441. The van der Waals surface area contributed by atoms with Crippen LogP contribution in [0, 0.1) is 17.2 Å². The summed E-state index contributed by atoms with van der Waals surface area (Å²) in [5, 5.41) is 9.17. The standard InChI is InChI=1S/C12H13NO2S/c13-8-12(10-4-2-1-3-5-10)11-6-7-16(14,15)9-11/h1-5,11-12H,6-7,9H2. The van der Waals surface area contributed by atoms with Gasteiger partial charge in [-0.15, -0.1) is 0 Å². The zero-order valence-corrected chi connectivity index (χ0v) is 9.65. The second-order valence-corrected chi connectivity index (χ2v) is 6.41. The highest BCUT2D eigenvalue weighted by molar-refractivity contribution is 7.91. The molecule has 1 fully saturated rings. The van der Waals surface area contributed by atoms with Crippen LogP contribution < -0.4 is 0 Å². The van der Waals surface area contributed by atoms with Gasteiger partial charge in [-0.05, 0) is 17.9 Å². The van der Waals surface area contributed by atoms with Gasteiger partial charge in [0.1, 0.15) is 0 Å². The molecule has 0 bridgehead atoms. The fourth-order valence-electron chi connectivity index (χ4n) is 2.20. The van der Waals surface area contributed by atoms with E-state index in [9.17, 15) is 8.42 Å². The van der Waals surface area contributed by atoms with Gasteiger partial charge in [0.05, 0.1) is 23.5 Å². The highest BCUT2D eigenvalue weighted by atomic mass is 32.2. The van der Waals surface area contributed by atoms with E-state index >= 15 is 0 Å². The van der Waals surface area contributed by atoms with Crippen molar-refractivity contribution >= 4 is 9.84 Å². The Morgan fingerprint density at radius 1 is 1.31 bits per heavy atom. The van der Waals surface area contributed by atoms with Gasteiger partial charge in [-0.3, -0.25) is 0 Å². The fraction of sp³-hybridized carbons (Fsp3) is 0.417. The summed E-state index contributed by atoms with van der Waals surface area (Å²) in [5.41, 5.74) is 0.923. The maximum atomic E-state index is 11.4. The Labute approximate surface area is 95.6 Å². The van der Waals surface area contributed by atoms with Crippen LogP contribution in [0.2, 0.25) is 0 Å². The molecule has 1 aliphatic rings. The third-order valence-corrected chi connectivity index (χ3v) is 4.83. The summed E-state index contributed by atoms with van der Waals surface area (Å²) in [5.74, 6) is 0.0406. The lowest BCUT2D eigenvalue weighted by atomic mass is 9.87. The average Bonchev–Trinajstić information content (AvgIpc) is 2.62. The first kappa shape index (κ1) is 11.2.